The van der Waals surface area contributed by atoms with Crippen molar-refractivity contribution in [3.63, 3.8) is 0 Å². The van der Waals surface area contributed by atoms with Crippen LogP contribution in [-0.4, -0.2) is 36.4 Å². The first-order valence-electron chi connectivity index (χ1n) is 6.57. The Morgan fingerprint density at radius 1 is 1.30 bits per heavy atom. The van der Waals surface area contributed by atoms with Crippen molar-refractivity contribution in [1.82, 2.24) is 5.32 Å². The Bertz CT molecular complexity index is 486. The Kier molecular flexibility index (Phi) is 4.57. The minimum absolute atomic E-state index is 0.130. The van der Waals surface area contributed by atoms with E-state index < -0.39 is 24.0 Å². The number of carbonyl (C=O) groups excluding carboxylic acids is 1. The van der Waals surface area contributed by atoms with E-state index in [-0.39, 0.29) is 13.2 Å². The van der Waals surface area contributed by atoms with E-state index >= 15 is 0 Å². The third-order valence-corrected chi connectivity index (χ3v) is 3.33. The number of aliphatic carboxylic acids is 1. The molecule has 2 atom stereocenters. The number of urea groups is 1. The van der Waals surface area contributed by atoms with E-state index in [1.165, 1.54) is 5.56 Å². The van der Waals surface area contributed by atoms with Crippen molar-refractivity contribution in [3.05, 3.63) is 29.8 Å². The van der Waals surface area contributed by atoms with Crippen LogP contribution in [0.25, 0.3) is 0 Å². The van der Waals surface area contributed by atoms with Gasteiger partial charge in [0.1, 0.15) is 5.92 Å². The Hall–Kier alpha value is -2.08. The van der Waals surface area contributed by atoms with E-state index in [4.69, 9.17) is 9.84 Å². The first-order chi connectivity index (χ1) is 9.60. The van der Waals surface area contributed by atoms with Crippen molar-refractivity contribution in [1.29, 1.82) is 0 Å². The molecule has 3 N–H and O–H groups in total. The van der Waals surface area contributed by atoms with Crippen LogP contribution < -0.4 is 10.6 Å². The topological polar surface area (TPSA) is 87.7 Å². The molecule has 1 aliphatic rings. The lowest BCUT2D eigenvalue weighted by Gasteiger charge is -2.16. The van der Waals surface area contributed by atoms with E-state index in [2.05, 4.69) is 17.6 Å². The number of hydrogen-bond donors (Lipinski definition) is 3. The molecule has 0 spiro atoms. The van der Waals surface area contributed by atoms with Crippen LogP contribution in [0.3, 0.4) is 0 Å². The zero-order valence-electron chi connectivity index (χ0n) is 11.3. The predicted molar refractivity (Wildman–Crippen MR) is 73.7 cm³/mol. The third kappa shape index (κ3) is 3.48. The maximum Gasteiger partial charge on any atom is 0.319 e. The number of ether oxygens (including phenoxy) is 1. The summed E-state index contributed by atoms with van der Waals surface area (Å²) in [6, 6.07) is 6.59. The molecule has 108 valence electrons. The Morgan fingerprint density at radius 2 is 2.00 bits per heavy atom. The number of rotatable bonds is 4. The number of hydrogen-bond acceptors (Lipinski definition) is 3. The van der Waals surface area contributed by atoms with Crippen molar-refractivity contribution in [2.45, 2.75) is 19.4 Å². The molecule has 1 aromatic rings. The largest absolute Gasteiger partial charge is 0.481 e. The van der Waals surface area contributed by atoms with Gasteiger partial charge < -0.3 is 20.5 Å². The van der Waals surface area contributed by atoms with Gasteiger partial charge in [0.2, 0.25) is 0 Å². The van der Waals surface area contributed by atoms with Crippen molar-refractivity contribution < 1.29 is 19.4 Å². The van der Waals surface area contributed by atoms with Crippen LogP contribution in [0, 0.1) is 5.92 Å². The lowest BCUT2D eigenvalue weighted by molar-refractivity contribution is -0.142. The van der Waals surface area contributed by atoms with Gasteiger partial charge >= 0.3 is 12.0 Å². The summed E-state index contributed by atoms with van der Waals surface area (Å²) in [4.78, 5) is 22.8. The third-order valence-electron chi connectivity index (χ3n) is 3.33. The molecule has 2 rings (SSSR count). The number of amides is 2. The fourth-order valence-corrected chi connectivity index (χ4v) is 2.10. The molecule has 1 fully saturated rings. The summed E-state index contributed by atoms with van der Waals surface area (Å²) in [5.41, 5.74) is 1.86. The van der Waals surface area contributed by atoms with E-state index in [0.717, 1.165) is 6.42 Å². The second-order valence-corrected chi connectivity index (χ2v) is 4.74. The van der Waals surface area contributed by atoms with Gasteiger partial charge in [0, 0.05) is 5.69 Å². The Balaban J connectivity index is 1.90. The van der Waals surface area contributed by atoms with Gasteiger partial charge in [0.05, 0.1) is 19.3 Å². The van der Waals surface area contributed by atoms with Crippen molar-refractivity contribution >= 4 is 17.7 Å². The standard InChI is InChI=1S/C14H18N2O4/c1-2-9-3-5-10(6-4-9)15-14(19)16-12-8-20-7-11(12)13(17)18/h3-6,11-12H,2,7-8H2,1H3,(H,17,18)(H2,15,16,19). The molecule has 1 aliphatic heterocycles. The number of carbonyl (C=O) groups is 2. The lowest BCUT2D eigenvalue weighted by Crippen LogP contribution is -2.44. The molecule has 1 saturated heterocycles. The average molecular weight is 278 g/mol. The van der Waals surface area contributed by atoms with Crippen LogP contribution >= 0.6 is 0 Å². The maximum absolute atomic E-state index is 11.8. The van der Waals surface area contributed by atoms with Gasteiger partial charge in [0.15, 0.2) is 0 Å². The second-order valence-electron chi connectivity index (χ2n) is 4.74. The predicted octanol–water partition coefficient (Wildman–Crippen LogP) is 1.47. The number of carboxylic acids is 1. The minimum atomic E-state index is -0.958. The van der Waals surface area contributed by atoms with Gasteiger partial charge in [-0.15, -0.1) is 0 Å². The summed E-state index contributed by atoms with van der Waals surface area (Å²) < 4.78 is 5.09. The zero-order valence-corrected chi connectivity index (χ0v) is 11.3. The smallest absolute Gasteiger partial charge is 0.319 e. The summed E-state index contributed by atoms with van der Waals surface area (Å²) >= 11 is 0. The SMILES string of the molecule is CCc1ccc(NC(=O)NC2COCC2C(=O)O)cc1. The number of carboxylic acid groups (broad SMARTS) is 1. The Labute approximate surface area is 117 Å². The molecular weight excluding hydrogens is 260 g/mol. The zero-order chi connectivity index (χ0) is 14.5. The van der Waals surface area contributed by atoms with Crippen LogP contribution in [-0.2, 0) is 16.0 Å². The van der Waals surface area contributed by atoms with Crippen molar-refractivity contribution in [2.75, 3.05) is 18.5 Å². The Morgan fingerprint density at radius 3 is 2.60 bits per heavy atom. The van der Waals surface area contributed by atoms with Crippen LogP contribution in [0.4, 0.5) is 10.5 Å². The summed E-state index contributed by atoms with van der Waals surface area (Å²) in [6.07, 6.45) is 0.937. The molecule has 2 unspecified atom stereocenters. The molecule has 0 bridgehead atoms. The van der Waals surface area contributed by atoms with E-state index in [1.807, 2.05) is 24.3 Å². The molecule has 2 amide bonds. The quantitative estimate of drug-likeness (QED) is 0.778. The van der Waals surface area contributed by atoms with Gasteiger partial charge in [-0.3, -0.25) is 4.79 Å². The lowest BCUT2D eigenvalue weighted by atomic mass is 10.0. The van der Waals surface area contributed by atoms with Gasteiger partial charge in [-0.05, 0) is 24.1 Å². The monoisotopic (exact) mass is 278 g/mol. The maximum atomic E-state index is 11.8. The molecule has 6 nitrogen and oxygen atoms in total. The van der Waals surface area contributed by atoms with E-state index in [0.29, 0.717) is 5.69 Å². The van der Waals surface area contributed by atoms with Crippen molar-refractivity contribution in [3.8, 4) is 0 Å². The fourth-order valence-electron chi connectivity index (χ4n) is 2.10. The van der Waals surface area contributed by atoms with Crippen LogP contribution in [0.2, 0.25) is 0 Å². The van der Waals surface area contributed by atoms with Crippen molar-refractivity contribution in [2.24, 2.45) is 5.92 Å². The minimum Gasteiger partial charge on any atom is -0.481 e. The van der Waals surface area contributed by atoms with E-state index in [1.54, 1.807) is 0 Å². The van der Waals surface area contributed by atoms with Gasteiger partial charge in [-0.2, -0.15) is 0 Å². The number of anilines is 1. The van der Waals surface area contributed by atoms with Crippen LogP contribution in [0.5, 0.6) is 0 Å². The van der Waals surface area contributed by atoms with Gasteiger partial charge in [-0.1, -0.05) is 19.1 Å². The normalized spacial score (nSPS) is 21.4. The highest BCUT2D eigenvalue weighted by Gasteiger charge is 2.35. The average Bonchev–Trinajstić information content (AvgIpc) is 2.87. The molecule has 20 heavy (non-hydrogen) atoms. The molecule has 0 saturated carbocycles. The molecule has 6 heteroatoms. The first kappa shape index (κ1) is 14.3. The highest BCUT2D eigenvalue weighted by molar-refractivity contribution is 5.90. The molecule has 0 aliphatic carbocycles. The molecule has 0 radical (unpaired) electrons. The summed E-state index contributed by atoms with van der Waals surface area (Å²) in [5, 5.41) is 14.3. The summed E-state index contributed by atoms with van der Waals surface area (Å²) in [6.45, 7) is 2.41. The first-order valence-corrected chi connectivity index (χ1v) is 6.57. The van der Waals surface area contributed by atoms with Gasteiger partial charge in [-0.25, -0.2) is 4.79 Å². The highest BCUT2D eigenvalue weighted by atomic mass is 16.5. The van der Waals surface area contributed by atoms with Gasteiger partial charge in [0.25, 0.3) is 0 Å². The number of nitrogens with one attached hydrogen (secondary N) is 2. The molecular formula is C14H18N2O4. The molecule has 1 heterocycles. The van der Waals surface area contributed by atoms with Crippen LogP contribution in [0.15, 0.2) is 24.3 Å². The molecule has 1 aromatic carbocycles. The highest BCUT2D eigenvalue weighted by Crippen LogP contribution is 2.14. The second kappa shape index (κ2) is 6.38. The summed E-state index contributed by atoms with van der Waals surface area (Å²) in [7, 11) is 0. The fraction of sp³-hybridized carbons (Fsp3) is 0.429. The van der Waals surface area contributed by atoms with Crippen LogP contribution in [0.1, 0.15) is 12.5 Å². The molecule has 0 aromatic heterocycles. The number of aryl methyl sites for hydroxylation is 1. The van der Waals surface area contributed by atoms with E-state index in [9.17, 15) is 9.59 Å². The summed E-state index contributed by atoms with van der Waals surface area (Å²) in [5.74, 6) is -1.65. The number of benzene rings is 1.